The van der Waals surface area contributed by atoms with Crippen LogP contribution in [0.2, 0.25) is 0 Å². The molecular weight excluding hydrogens is 506 g/mol. The number of anilines is 1. The Kier molecular flexibility index (Phi) is 6.76. The fourth-order valence-corrected chi connectivity index (χ4v) is 5.31. The summed E-state index contributed by atoms with van der Waals surface area (Å²) in [5, 5.41) is 3.05. The molecule has 1 aromatic heterocycles. The third-order valence-corrected chi connectivity index (χ3v) is 6.98. The summed E-state index contributed by atoms with van der Waals surface area (Å²) in [6, 6.07) is 7.04. The van der Waals surface area contributed by atoms with E-state index < -0.39 is 18.0 Å². The summed E-state index contributed by atoms with van der Waals surface area (Å²) in [6.45, 7) is 0.684. The Morgan fingerprint density at radius 1 is 1.43 bits per heavy atom. The second-order valence-corrected chi connectivity index (χ2v) is 8.32. The number of primary amides is 1. The number of halogens is 4. The van der Waals surface area contributed by atoms with Crippen LogP contribution >= 0.6 is 30.3 Å². The highest BCUT2D eigenvalue weighted by Gasteiger charge is 2.45. The van der Waals surface area contributed by atoms with Crippen LogP contribution in [0.15, 0.2) is 30.6 Å². The maximum absolute atomic E-state index is 13.3. The van der Waals surface area contributed by atoms with Gasteiger partial charge >= 0.3 is 6.18 Å². The molecule has 11 heteroatoms. The van der Waals surface area contributed by atoms with Crippen LogP contribution in [0.4, 0.5) is 19.0 Å². The molecule has 1 aromatic carbocycles. The topological polar surface area (TPSA) is 87.0 Å². The van der Waals surface area contributed by atoms with Gasteiger partial charge < -0.3 is 16.0 Å². The summed E-state index contributed by atoms with van der Waals surface area (Å²) in [6.07, 6.45) is -2.71. The first-order valence-corrected chi connectivity index (χ1v) is 11.9. The summed E-state index contributed by atoms with van der Waals surface area (Å²) < 4.78 is 42.0. The molecule has 4 N–H and O–H groups in total. The number of nitrogens with one attached hydrogen (secondary N) is 2. The number of rotatable bonds is 6. The molecule has 0 aliphatic carbocycles. The number of carbonyl (C=O) groups is 1. The van der Waals surface area contributed by atoms with Gasteiger partial charge in [0, 0.05) is 40.3 Å². The van der Waals surface area contributed by atoms with Gasteiger partial charge in [-0.2, -0.15) is 13.2 Å². The highest BCUT2D eigenvalue weighted by atomic mass is 127. The van der Waals surface area contributed by atoms with Crippen molar-refractivity contribution in [1.82, 2.24) is 14.3 Å². The van der Waals surface area contributed by atoms with Crippen molar-refractivity contribution < 1.29 is 18.0 Å². The zero-order valence-corrected chi connectivity index (χ0v) is 17.6. The van der Waals surface area contributed by atoms with Crippen LogP contribution in [0, 0.1) is 5.92 Å². The SMILES string of the molecule is NC(=O)c1[nH]cnc1NCc1ccccc1[C@H]1CC(C(F)(F)F)CCN1SI. The molecule has 6 nitrogen and oxygen atoms in total. The fraction of sp³-hybridized carbons (Fsp3) is 0.412. The summed E-state index contributed by atoms with van der Waals surface area (Å²) in [5.41, 5.74) is 7.15. The molecule has 1 aliphatic rings. The zero-order chi connectivity index (χ0) is 20.3. The molecule has 0 radical (unpaired) electrons. The summed E-state index contributed by atoms with van der Waals surface area (Å²) in [4.78, 5) is 18.1. The highest BCUT2D eigenvalue weighted by Crippen LogP contribution is 2.46. The standard InChI is InChI=1S/C17H19F3IN5OS/c18-17(19,20)11-5-6-26(28-21)13(7-11)12-4-2-1-3-10(12)8-23-16-14(15(22)27)24-9-25-16/h1-4,9,11,13,23H,5-8H2,(H2,22,27)(H,24,25)/t11?,13-/m1/s1. The average molecular weight is 525 g/mol. The van der Waals surface area contributed by atoms with E-state index in [2.05, 4.69) is 36.5 Å². The van der Waals surface area contributed by atoms with E-state index in [1.807, 2.05) is 28.6 Å². The van der Waals surface area contributed by atoms with Gasteiger partial charge in [0.15, 0.2) is 5.82 Å². The molecule has 0 spiro atoms. The monoisotopic (exact) mass is 525 g/mol. The van der Waals surface area contributed by atoms with Crippen molar-refractivity contribution in [3.8, 4) is 0 Å². The number of aromatic amines is 1. The van der Waals surface area contributed by atoms with Gasteiger partial charge in [0.25, 0.3) is 5.91 Å². The number of imidazole rings is 1. The molecule has 2 heterocycles. The van der Waals surface area contributed by atoms with Crippen molar-refractivity contribution in [3.05, 3.63) is 47.4 Å². The van der Waals surface area contributed by atoms with E-state index in [0.29, 0.717) is 18.9 Å². The molecule has 1 saturated heterocycles. The second-order valence-electron chi connectivity index (χ2n) is 6.53. The Labute approximate surface area is 176 Å². The van der Waals surface area contributed by atoms with E-state index in [1.165, 1.54) is 15.4 Å². The highest BCUT2D eigenvalue weighted by molar-refractivity contribution is 14.2. The van der Waals surface area contributed by atoms with Crippen LogP contribution in [0.25, 0.3) is 0 Å². The number of H-pyrrole nitrogens is 1. The Bertz CT molecular complexity index is 831. The predicted molar refractivity (Wildman–Crippen MR) is 111 cm³/mol. The first-order valence-electron chi connectivity index (χ1n) is 8.58. The molecule has 1 aliphatic heterocycles. The van der Waals surface area contributed by atoms with E-state index in [-0.39, 0.29) is 24.6 Å². The van der Waals surface area contributed by atoms with Crippen LogP contribution < -0.4 is 11.1 Å². The molecular formula is C17H19F3IN5OS. The number of nitrogens with two attached hydrogens (primary N) is 1. The Balaban J connectivity index is 1.83. The molecule has 2 aromatic rings. The molecule has 0 bridgehead atoms. The summed E-state index contributed by atoms with van der Waals surface area (Å²) in [7, 11) is 1.43. The van der Waals surface area contributed by atoms with E-state index in [0.717, 1.165) is 11.1 Å². The van der Waals surface area contributed by atoms with Crippen molar-refractivity contribution in [2.45, 2.75) is 31.6 Å². The van der Waals surface area contributed by atoms with Gasteiger partial charge in [0.2, 0.25) is 0 Å². The second kappa shape index (κ2) is 8.91. The van der Waals surface area contributed by atoms with Crippen molar-refractivity contribution in [1.29, 1.82) is 0 Å². The number of piperidine rings is 1. The number of hydrogen-bond acceptors (Lipinski definition) is 5. The van der Waals surface area contributed by atoms with Crippen LogP contribution in [0.5, 0.6) is 0 Å². The lowest BCUT2D eigenvalue weighted by atomic mass is 9.86. The Morgan fingerprint density at radius 3 is 2.86 bits per heavy atom. The quantitative estimate of drug-likeness (QED) is 0.384. The van der Waals surface area contributed by atoms with Crippen LogP contribution in [-0.2, 0) is 6.54 Å². The first kappa shape index (κ1) is 21.2. The van der Waals surface area contributed by atoms with Gasteiger partial charge in [0.05, 0.1) is 12.2 Å². The van der Waals surface area contributed by atoms with Crippen molar-refractivity contribution in [2.75, 3.05) is 11.9 Å². The number of carbonyl (C=O) groups excluding carboxylic acids is 1. The van der Waals surface area contributed by atoms with E-state index in [4.69, 9.17) is 5.73 Å². The van der Waals surface area contributed by atoms with E-state index in [1.54, 1.807) is 0 Å². The minimum Gasteiger partial charge on any atom is -0.364 e. The van der Waals surface area contributed by atoms with Gasteiger partial charge in [0.1, 0.15) is 5.69 Å². The van der Waals surface area contributed by atoms with E-state index >= 15 is 0 Å². The number of amides is 1. The van der Waals surface area contributed by atoms with Crippen LogP contribution in [0.1, 0.15) is 40.5 Å². The third kappa shape index (κ3) is 4.74. The fourth-order valence-electron chi connectivity index (χ4n) is 3.42. The van der Waals surface area contributed by atoms with Gasteiger partial charge in [-0.3, -0.25) is 4.79 Å². The third-order valence-electron chi connectivity index (χ3n) is 4.85. The minimum atomic E-state index is -4.20. The normalized spacial score (nSPS) is 20.9. The minimum absolute atomic E-state index is 0.0193. The maximum Gasteiger partial charge on any atom is 0.391 e. The molecule has 0 saturated carbocycles. The lowest BCUT2D eigenvalue weighted by Gasteiger charge is -2.39. The Morgan fingerprint density at radius 2 is 2.18 bits per heavy atom. The number of nitrogens with zero attached hydrogens (tertiary/aromatic N) is 2. The van der Waals surface area contributed by atoms with E-state index in [9.17, 15) is 18.0 Å². The van der Waals surface area contributed by atoms with Crippen LogP contribution in [-0.4, -0.2) is 32.9 Å². The molecule has 152 valence electrons. The molecule has 1 fully saturated rings. The molecule has 1 amide bonds. The van der Waals surface area contributed by atoms with Gasteiger partial charge in [-0.25, -0.2) is 9.29 Å². The summed E-state index contributed by atoms with van der Waals surface area (Å²) in [5.74, 6) is -1.63. The molecule has 1 unspecified atom stereocenters. The lowest BCUT2D eigenvalue weighted by Crippen LogP contribution is -2.38. The number of benzene rings is 1. The van der Waals surface area contributed by atoms with Gasteiger partial charge in [-0.05, 0) is 33.1 Å². The number of hydrogen-bond donors (Lipinski definition) is 3. The smallest absolute Gasteiger partial charge is 0.364 e. The largest absolute Gasteiger partial charge is 0.391 e. The van der Waals surface area contributed by atoms with Gasteiger partial charge in [-0.1, -0.05) is 24.3 Å². The van der Waals surface area contributed by atoms with Gasteiger partial charge in [-0.15, -0.1) is 0 Å². The Hall–Kier alpha value is -1.47. The molecule has 2 atom stereocenters. The maximum atomic E-state index is 13.3. The first-order chi connectivity index (χ1) is 13.3. The number of aromatic nitrogens is 2. The summed E-state index contributed by atoms with van der Waals surface area (Å²) >= 11 is 2.11. The van der Waals surface area contributed by atoms with Crippen LogP contribution in [0.3, 0.4) is 0 Å². The zero-order valence-electron chi connectivity index (χ0n) is 14.7. The average Bonchev–Trinajstić information content (AvgIpc) is 3.14. The molecule has 28 heavy (non-hydrogen) atoms. The van der Waals surface area contributed by atoms with Crippen molar-refractivity contribution >= 4 is 42.0 Å². The number of alkyl halides is 3. The predicted octanol–water partition coefficient (Wildman–Crippen LogP) is 4.43. The van der Waals surface area contributed by atoms with Crippen molar-refractivity contribution in [3.63, 3.8) is 0 Å². The van der Waals surface area contributed by atoms with Crippen molar-refractivity contribution in [2.24, 2.45) is 11.7 Å². The molecule has 3 rings (SSSR count). The lowest BCUT2D eigenvalue weighted by molar-refractivity contribution is -0.186.